The fraction of sp³-hybridized carbons (Fsp3) is 0.467. The Hall–Kier alpha value is -1.53. The lowest BCUT2D eigenvalue weighted by atomic mass is 10.2. The molecular formula is C15H20N2O3S. The number of piperazine rings is 1. The molecule has 0 unspecified atom stereocenters. The minimum atomic E-state index is -0.910. The van der Waals surface area contributed by atoms with Crippen molar-refractivity contribution in [3.05, 3.63) is 29.8 Å². The number of carboxylic acid groups (broad SMARTS) is 1. The smallest absolute Gasteiger partial charge is 0.335 e. The molecule has 0 atom stereocenters. The Bertz CT molecular complexity index is 508. The first-order valence-electron chi connectivity index (χ1n) is 7.02. The molecule has 5 nitrogen and oxygen atoms in total. The van der Waals surface area contributed by atoms with E-state index in [4.69, 9.17) is 5.11 Å². The monoisotopic (exact) mass is 308 g/mol. The standard InChI is InChI=1S/C15H20N2O3S/c1-11(2)14(18)16-7-9-17(10-8-16)21-13-5-3-12(4-6-13)15(19)20/h3-6,11H,7-10H2,1-2H3,(H,19,20). The van der Waals surface area contributed by atoms with Crippen molar-refractivity contribution in [2.24, 2.45) is 5.92 Å². The third-order valence-electron chi connectivity index (χ3n) is 3.38. The molecule has 1 aromatic rings. The largest absolute Gasteiger partial charge is 0.478 e. The molecule has 1 N–H and O–H groups in total. The number of aromatic carboxylic acids is 1. The van der Waals surface area contributed by atoms with Gasteiger partial charge in [-0.3, -0.25) is 4.79 Å². The number of benzene rings is 1. The van der Waals surface area contributed by atoms with Crippen LogP contribution in [0.1, 0.15) is 24.2 Å². The van der Waals surface area contributed by atoms with Crippen molar-refractivity contribution in [3.63, 3.8) is 0 Å². The zero-order valence-electron chi connectivity index (χ0n) is 12.3. The molecule has 0 bridgehead atoms. The molecule has 1 heterocycles. The summed E-state index contributed by atoms with van der Waals surface area (Å²) in [5, 5.41) is 8.87. The summed E-state index contributed by atoms with van der Waals surface area (Å²) in [6, 6.07) is 6.87. The predicted molar refractivity (Wildman–Crippen MR) is 82.2 cm³/mol. The zero-order valence-corrected chi connectivity index (χ0v) is 13.1. The van der Waals surface area contributed by atoms with Gasteiger partial charge in [0.1, 0.15) is 0 Å². The zero-order chi connectivity index (χ0) is 15.4. The predicted octanol–water partition coefficient (Wildman–Crippen LogP) is 2.19. The molecule has 21 heavy (non-hydrogen) atoms. The molecule has 0 saturated carbocycles. The normalized spacial score (nSPS) is 16.2. The number of rotatable bonds is 4. The molecule has 0 spiro atoms. The van der Waals surface area contributed by atoms with Crippen LogP contribution in [0, 0.1) is 5.92 Å². The molecule has 0 radical (unpaired) electrons. The number of nitrogens with zero attached hydrogens (tertiary/aromatic N) is 2. The van der Waals surface area contributed by atoms with Crippen molar-refractivity contribution in [1.82, 2.24) is 9.21 Å². The minimum Gasteiger partial charge on any atom is -0.478 e. The van der Waals surface area contributed by atoms with Crippen LogP contribution in [0.2, 0.25) is 0 Å². The molecule has 6 heteroatoms. The summed E-state index contributed by atoms with van der Waals surface area (Å²) in [6.07, 6.45) is 0. The SMILES string of the molecule is CC(C)C(=O)N1CCN(Sc2ccc(C(=O)O)cc2)CC1. The van der Waals surface area contributed by atoms with E-state index in [1.807, 2.05) is 30.9 Å². The van der Waals surface area contributed by atoms with E-state index in [1.165, 1.54) is 0 Å². The first-order chi connectivity index (χ1) is 9.97. The van der Waals surface area contributed by atoms with E-state index in [-0.39, 0.29) is 11.8 Å². The lowest BCUT2D eigenvalue weighted by Gasteiger charge is -2.34. The summed E-state index contributed by atoms with van der Waals surface area (Å²) in [6.45, 7) is 6.99. The third kappa shape index (κ3) is 4.22. The highest BCUT2D eigenvalue weighted by Gasteiger charge is 2.23. The number of hydrogen-bond acceptors (Lipinski definition) is 4. The van der Waals surface area contributed by atoms with E-state index in [0.717, 1.165) is 31.1 Å². The maximum atomic E-state index is 11.9. The molecule has 1 aromatic carbocycles. The van der Waals surface area contributed by atoms with Crippen molar-refractivity contribution < 1.29 is 14.7 Å². The van der Waals surface area contributed by atoms with Crippen LogP contribution in [0.5, 0.6) is 0 Å². The number of carbonyl (C=O) groups is 2. The van der Waals surface area contributed by atoms with Gasteiger partial charge in [-0.05, 0) is 36.2 Å². The van der Waals surface area contributed by atoms with E-state index in [0.29, 0.717) is 5.56 Å². The van der Waals surface area contributed by atoms with Crippen molar-refractivity contribution in [1.29, 1.82) is 0 Å². The number of hydrogen-bond donors (Lipinski definition) is 1. The summed E-state index contributed by atoms with van der Waals surface area (Å²) in [4.78, 5) is 25.6. The van der Waals surface area contributed by atoms with Gasteiger partial charge in [-0.25, -0.2) is 9.10 Å². The van der Waals surface area contributed by atoms with Gasteiger partial charge < -0.3 is 10.0 Å². The fourth-order valence-electron chi connectivity index (χ4n) is 2.17. The van der Waals surface area contributed by atoms with Crippen LogP contribution in [-0.2, 0) is 4.79 Å². The summed E-state index contributed by atoms with van der Waals surface area (Å²) in [5.74, 6) is -0.648. The van der Waals surface area contributed by atoms with Crippen LogP contribution >= 0.6 is 11.9 Å². The maximum Gasteiger partial charge on any atom is 0.335 e. The fourth-order valence-corrected chi connectivity index (χ4v) is 3.07. The second-order valence-corrected chi connectivity index (χ2v) is 6.50. The highest BCUT2D eigenvalue weighted by molar-refractivity contribution is 7.97. The van der Waals surface area contributed by atoms with Gasteiger partial charge in [0.05, 0.1) is 5.56 Å². The van der Waals surface area contributed by atoms with Crippen LogP contribution in [0.4, 0.5) is 0 Å². The average molecular weight is 308 g/mol. The van der Waals surface area contributed by atoms with E-state index in [9.17, 15) is 9.59 Å². The van der Waals surface area contributed by atoms with Crippen LogP contribution in [0.25, 0.3) is 0 Å². The van der Waals surface area contributed by atoms with Gasteiger partial charge in [-0.15, -0.1) is 0 Å². The molecule has 1 saturated heterocycles. The Labute approximate surface area is 129 Å². The summed E-state index contributed by atoms with van der Waals surface area (Å²) < 4.78 is 2.21. The third-order valence-corrected chi connectivity index (χ3v) is 4.49. The van der Waals surface area contributed by atoms with Crippen molar-refractivity contribution in [3.8, 4) is 0 Å². The van der Waals surface area contributed by atoms with Crippen molar-refractivity contribution >= 4 is 23.8 Å². The molecule has 0 aliphatic carbocycles. The van der Waals surface area contributed by atoms with E-state index in [2.05, 4.69) is 4.31 Å². The van der Waals surface area contributed by atoms with Gasteiger partial charge in [0.2, 0.25) is 5.91 Å². The van der Waals surface area contributed by atoms with E-state index >= 15 is 0 Å². The lowest BCUT2D eigenvalue weighted by Crippen LogP contribution is -2.47. The topological polar surface area (TPSA) is 60.9 Å². The first kappa shape index (κ1) is 15.9. The molecule has 0 aromatic heterocycles. The number of carboxylic acids is 1. The highest BCUT2D eigenvalue weighted by Crippen LogP contribution is 2.24. The van der Waals surface area contributed by atoms with Gasteiger partial charge in [0.25, 0.3) is 0 Å². The minimum absolute atomic E-state index is 0.0489. The summed E-state index contributed by atoms with van der Waals surface area (Å²) >= 11 is 1.61. The number of amides is 1. The molecule has 2 rings (SSSR count). The Morgan fingerprint density at radius 1 is 1.10 bits per heavy atom. The second kappa shape index (κ2) is 6.95. The van der Waals surface area contributed by atoms with E-state index < -0.39 is 5.97 Å². The van der Waals surface area contributed by atoms with Crippen molar-refractivity contribution in [2.45, 2.75) is 18.7 Å². The molecule has 1 aliphatic rings. The first-order valence-corrected chi connectivity index (χ1v) is 7.80. The van der Waals surface area contributed by atoms with Gasteiger partial charge in [-0.1, -0.05) is 13.8 Å². The Balaban J connectivity index is 1.86. The van der Waals surface area contributed by atoms with Gasteiger partial charge in [0, 0.05) is 37.0 Å². The molecule has 114 valence electrons. The van der Waals surface area contributed by atoms with Crippen LogP contribution < -0.4 is 0 Å². The highest BCUT2D eigenvalue weighted by atomic mass is 32.2. The van der Waals surface area contributed by atoms with Gasteiger partial charge in [-0.2, -0.15) is 0 Å². The Morgan fingerprint density at radius 2 is 1.67 bits per heavy atom. The number of carbonyl (C=O) groups excluding carboxylic acids is 1. The van der Waals surface area contributed by atoms with E-state index in [1.54, 1.807) is 24.1 Å². The van der Waals surface area contributed by atoms with Crippen molar-refractivity contribution in [2.75, 3.05) is 26.2 Å². The quantitative estimate of drug-likeness (QED) is 0.864. The average Bonchev–Trinajstić information content (AvgIpc) is 2.47. The summed E-state index contributed by atoms with van der Waals surface area (Å²) in [7, 11) is 0. The van der Waals surface area contributed by atoms with Gasteiger partial charge >= 0.3 is 5.97 Å². The molecular weight excluding hydrogens is 288 g/mol. The maximum absolute atomic E-state index is 11.9. The Kier molecular flexibility index (Phi) is 5.25. The van der Waals surface area contributed by atoms with Crippen LogP contribution in [0.3, 0.4) is 0 Å². The molecule has 1 fully saturated rings. The second-order valence-electron chi connectivity index (χ2n) is 5.33. The van der Waals surface area contributed by atoms with Crippen LogP contribution in [-0.4, -0.2) is 52.4 Å². The van der Waals surface area contributed by atoms with Crippen LogP contribution in [0.15, 0.2) is 29.2 Å². The molecule has 1 aliphatic heterocycles. The lowest BCUT2D eigenvalue weighted by molar-refractivity contribution is -0.135. The Morgan fingerprint density at radius 3 is 2.14 bits per heavy atom. The van der Waals surface area contributed by atoms with Gasteiger partial charge in [0.15, 0.2) is 0 Å². The summed E-state index contributed by atoms with van der Waals surface area (Å²) in [5.41, 5.74) is 0.298. The molecule has 1 amide bonds.